The van der Waals surface area contributed by atoms with Crippen molar-refractivity contribution in [3.05, 3.63) is 35.9 Å². The predicted molar refractivity (Wildman–Crippen MR) is 76.3 cm³/mol. The second-order valence-electron chi connectivity index (χ2n) is 6.71. The van der Waals surface area contributed by atoms with Crippen LogP contribution < -0.4 is 5.32 Å². The monoisotopic (exact) mass is 285 g/mol. The molecule has 4 saturated carbocycles. The van der Waals surface area contributed by atoms with Crippen LogP contribution in [0.15, 0.2) is 30.3 Å². The summed E-state index contributed by atoms with van der Waals surface area (Å²) in [5.41, 5.74) is 0.680. The molecule has 5 atom stereocenters. The van der Waals surface area contributed by atoms with Gasteiger partial charge in [-0.3, -0.25) is 9.59 Å². The van der Waals surface area contributed by atoms with Crippen molar-refractivity contribution in [3.63, 3.8) is 0 Å². The fourth-order valence-corrected chi connectivity index (χ4v) is 4.65. The third kappa shape index (κ3) is 1.72. The zero-order valence-electron chi connectivity index (χ0n) is 11.8. The quantitative estimate of drug-likeness (QED) is 0.846. The van der Waals surface area contributed by atoms with Crippen LogP contribution in [0.3, 0.4) is 0 Å². The van der Waals surface area contributed by atoms with Crippen LogP contribution in [-0.4, -0.2) is 29.4 Å². The number of Topliss-reactive ketones (excluding diaryl/α,β-unsaturated/α-hetero) is 1. The molecule has 0 saturated heterocycles. The fraction of sp³-hybridized carbons (Fsp3) is 0.529. The summed E-state index contributed by atoms with van der Waals surface area (Å²) in [4.78, 5) is 24.5. The lowest BCUT2D eigenvalue weighted by atomic mass is 10.0. The normalized spacial score (nSPS) is 36.6. The molecular formula is C17H19NO3. The molecule has 5 rings (SSSR count). The van der Waals surface area contributed by atoms with Gasteiger partial charge in [-0.1, -0.05) is 30.3 Å². The van der Waals surface area contributed by atoms with E-state index in [2.05, 4.69) is 5.32 Å². The van der Waals surface area contributed by atoms with Gasteiger partial charge in [0.2, 0.25) is 5.91 Å². The van der Waals surface area contributed by atoms with Gasteiger partial charge in [0.25, 0.3) is 0 Å². The average Bonchev–Trinajstić information content (AvgIpc) is 2.79. The number of rotatable bonds is 5. The molecule has 2 N–H and O–H groups in total. The molecule has 21 heavy (non-hydrogen) atoms. The first kappa shape index (κ1) is 13.0. The Hall–Kier alpha value is -1.68. The van der Waals surface area contributed by atoms with Gasteiger partial charge in [0.05, 0.1) is 18.1 Å². The van der Waals surface area contributed by atoms with E-state index in [9.17, 15) is 14.7 Å². The molecule has 110 valence electrons. The summed E-state index contributed by atoms with van der Waals surface area (Å²) in [6, 6.07) is 9.55. The van der Waals surface area contributed by atoms with Crippen LogP contribution in [0.5, 0.6) is 0 Å². The van der Waals surface area contributed by atoms with Gasteiger partial charge in [0.1, 0.15) is 5.78 Å². The molecule has 0 aliphatic heterocycles. The molecule has 4 bridgehead atoms. The fourth-order valence-electron chi connectivity index (χ4n) is 4.65. The zero-order valence-corrected chi connectivity index (χ0v) is 11.8. The molecule has 0 unspecified atom stereocenters. The van der Waals surface area contributed by atoms with Crippen LogP contribution >= 0.6 is 0 Å². The smallest absolute Gasteiger partial charge is 0.227 e. The standard InChI is InChI=1S/C17H19NO3/c19-9-12(6-10-4-2-1-3-5-10)18-16(21)17-8-11-7-13(17)14(17)15(11)20/h1-5,11-14,19H,6-9H2,(H,18,21)/t11-,12+,13-,14-,17-/m0/s1. The highest BCUT2D eigenvalue weighted by Crippen LogP contribution is 2.77. The van der Waals surface area contributed by atoms with E-state index in [4.69, 9.17) is 0 Å². The maximum absolute atomic E-state index is 12.6. The molecule has 4 fully saturated rings. The molecule has 4 aliphatic rings. The van der Waals surface area contributed by atoms with Crippen molar-refractivity contribution in [2.75, 3.05) is 6.61 Å². The molecule has 4 heteroatoms. The number of hydrogen-bond donors (Lipinski definition) is 2. The van der Waals surface area contributed by atoms with Crippen molar-refractivity contribution < 1.29 is 14.7 Å². The second-order valence-corrected chi connectivity index (χ2v) is 6.71. The number of aliphatic hydroxyl groups excluding tert-OH is 1. The van der Waals surface area contributed by atoms with E-state index in [1.54, 1.807) is 0 Å². The van der Waals surface area contributed by atoms with Gasteiger partial charge in [0, 0.05) is 11.8 Å². The number of nitrogens with one attached hydrogen (secondary N) is 1. The van der Waals surface area contributed by atoms with E-state index in [0.717, 1.165) is 18.4 Å². The Kier molecular flexibility index (Phi) is 2.73. The van der Waals surface area contributed by atoms with Crippen LogP contribution in [0.4, 0.5) is 0 Å². The number of aliphatic hydroxyl groups is 1. The van der Waals surface area contributed by atoms with Gasteiger partial charge < -0.3 is 10.4 Å². The van der Waals surface area contributed by atoms with Crippen LogP contribution in [0, 0.1) is 23.2 Å². The van der Waals surface area contributed by atoms with Crippen LogP contribution in [0.1, 0.15) is 18.4 Å². The van der Waals surface area contributed by atoms with E-state index in [1.165, 1.54) is 0 Å². The highest BCUT2D eigenvalue weighted by molar-refractivity contribution is 6.04. The van der Waals surface area contributed by atoms with Crippen molar-refractivity contribution in [1.29, 1.82) is 0 Å². The van der Waals surface area contributed by atoms with E-state index in [0.29, 0.717) is 12.2 Å². The first-order valence-electron chi connectivity index (χ1n) is 7.66. The van der Waals surface area contributed by atoms with Gasteiger partial charge >= 0.3 is 0 Å². The third-order valence-corrected chi connectivity index (χ3v) is 5.64. The molecule has 4 nitrogen and oxygen atoms in total. The third-order valence-electron chi connectivity index (χ3n) is 5.64. The second kappa shape index (κ2) is 4.41. The lowest BCUT2D eigenvalue weighted by molar-refractivity contribution is -0.128. The molecule has 0 spiro atoms. The van der Waals surface area contributed by atoms with Crippen molar-refractivity contribution in [2.24, 2.45) is 23.2 Å². The van der Waals surface area contributed by atoms with Crippen LogP contribution in [-0.2, 0) is 16.0 Å². The molecular weight excluding hydrogens is 266 g/mol. The molecule has 0 radical (unpaired) electrons. The molecule has 4 aliphatic carbocycles. The number of amides is 1. The maximum Gasteiger partial charge on any atom is 0.227 e. The number of carbonyl (C=O) groups is 2. The van der Waals surface area contributed by atoms with Crippen molar-refractivity contribution in [1.82, 2.24) is 5.32 Å². The topological polar surface area (TPSA) is 66.4 Å². The zero-order chi connectivity index (χ0) is 14.6. The average molecular weight is 285 g/mol. The summed E-state index contributed by atoms with van der Waals surface area (Å²) in [5.74, 6) is 0.691. The SMILES string of the molecule is O=C1[C@H]2C[C@H]3[C@@H]1[C@]3(C(=O)N[C@@H](CO)Cc1ccccc1)C2. The first-order valence-corrected chi connectivity index (χ1v) is 7.66. The summed E-state index contributed by atoms with van der Waals surface area (Å²) in [7, 11) is 0. The predicted octanol–water partition coefficient (Wildman–Crippen LogP) is 0.931. The minimum absolute atomic E-state index is 0.0131. The lowest BCUT2D eigenvalue weighted by Gasteiger charge is -2.20. The number of carbonyl (C=O) groups excluding carboxylic acids is 2. The minimum Gasteiger partial charge on any atom is -0.394 e. The Morgan fingerprint density at radius 3 is 2.67 bits per heavy atom. The van der Waals surface area contributed by atoms with Gasteiger partial charge in [-0.05, 0) is 30.7 Å². The van der Waals surface area contributed by atoms with E-state index < -0.39 is 5.41 Å². The van der Waals surface area contributed by atoms with Crippen LogP contribution in [0.2, 0.25) is 0 Å². The molecule has 0 heterocycles. The minimum atomic E-state index is -0.411. The lowest BCUT2D eigenvalue weighted by Crippen LogP contribution is -2.43. The van der Waals surface area contributed by atoms with Gasteiger partial charge in [-0.15, -0.1) is 0 Å². The van der Waals surface area contributed by atoms with Crippen molar-refractivity contribution >= 4 is 11.7 Å². The largest absolute Gasteiger partial charge is 0.394 e. The number of benzene rings is 1. The maximum atomic E-state index is 12.6. The van der Waals surface area contributed by atoms with E-state index >= 15 is 0 Å². The number of ketones is 1. The highest BCUT2D eigenvalue weighted by atomic mass is 16.3. The Morgan fingerprint density at radius 1 is 1.38 bits per heavy atom. The summed E-state index contributed by atoms with van der Waals surface area (Å²) >= 11 is 0. The molecule has 1 aromatic rings. The molecule has 1 aromatic carbocycles. The Morgan fingerprint density at radius 2 is 2.14 bits per heavy atom. The van der Waals surface area contributed by atoms with Gasteiger partial charge in [0.15, 0.2) is 0 Å². The first-order chi connectivity index (χ1) is 10.2. The molecule has 0 aromatic heterocycles. The highest BCUT2D eigenvalue weighted by Gasteiger charge is 2.82. The van der Waals surface area contributed by atoms with Crippen molar-refractivity contribution in [3.8, 4) is 0 Å². The molecule has 1 amide bonds. The Bertz CT molecular complexity index is 599. The summed E-state index contributed by atoms with van der Waals surface area (Å²) in [6.07, 6.45) is 2.25. The van der Waals surface area contributed by atoms with Crippen LogP contribution in [0.25, 0.3) is 0 Å². The Labute approximate surface area is 123 Å². The summed E-state index contributed by atoms with van der Waals surface area (Å²) < 4.78 is 0. The number of hydrogen-bond acceptors (Lipinski definition) is 3. The Balaban J connectivity index is 1.44. The van der Waals surface area contributed by atoms with Gasteiger partial charge in [-0.25, -0.2) is 0 Å². The van der Waals surface area contributed by atoms with E-state index in [1.807, 2.05) is 30.3 Å². The summed E-state index contributed by atoms with van der Waals surface area (Å²) in [6.45, 7) is -0.0799. The van der Waals surface area contributed by atoms with Gasteiger partial charge in [-0.2, -0.15) is 0 Å². The summed E-state index contributed by atoms with van der Waals surface area (Å²) in [5, 5.41) is 12.5. The van der Waals surface area contributed by atoms with Crippen molar-refractivity contribution in [2.45, 2.75) is 25.3 Å². The van der Waals surface area contributed by atoms with E-state index in [-0.39, 0.29) is 36.3 Å².